The Kier molecular flexibility index (Phi) is 4.42. The minimum Gasteiger partial charge on any atom is -0.497 e. The third-order valence-corrected chi connectivity index (χ3v) is 4.87. The predicted octanol–water partition coefficient (Wildman–Crippen LogP) is 3.70. The fraction of sp³-hybridized carbons (Fsp3) is 0.222. The highest BCUT2D eigenvalue weighted by atomic mass is 79.9. The smallest absolute Gasteiger partial charge is 0.256 e. The molecule has 2 aromatic carbocycles. The number of methoxy groups -OCH3 is 1. The minimum atomic E-state index is -0.227. The summed E-state index contributed by atoms with van der Waals surface area (Å²) in [6, 6.07) is 13.2. The molecule has 0 spiro atoms. The van der Waals surface area contributed by atoms with E-state index in [1.54, 1.807) is 25.3 Å². The van der Waals surface area contributed by atoms with Gasteiger partial charge in [0.15, 0.2) is 5.82 Å². The van der Waals surface area contributed by atoms with Gasteiger partial charge in [0.25, 0.3) is 5.91 Å². The number of aromatic nitrogens is 4. The molecule has 0 aliphatic heterocycles. The van der Waals surface area contributed by atoms with Crippen molar-refractivity contribution in [3.63, 3.8) is 0 Å². The number of hydrogen-bond acceptors (Lipinski definition) is 5. The number of rotatable bonds is 5. The molecule has 1 aliphatic carbocycles. The Labute approximate surface area is 158 Å². The van der Waals surface area contributed by atoms with E-state index in [0.29, 0.717) is 33.3 Å². The Hall–Kier alpha value is -2.74. The molecule has 1 amide bonds. The average Bonchev–Trinajstić information content (AvgIpc) is 3.38. The number of nitrogens with zero attached hydrogens (tertiary/aromatic N) is 4. The van der Waals surface area contributed by atoms with Crippen molar-refractivity contribution < 1.29 is 9.53 Å². The number of ether oxygens (including phenoxy) is 1. The fourth-order valence-corrected chi connectivity index (χ4v) is 3.12. The second kappa shape index (κ2) is 6.87. The number of nitrogens with one attached hydrogen (secondary N) is 1. The van der Waals surface area contributed by atoms with Crippen molar-refractivity contribution in [2.75, 3.05) is 12.4 Å². The van der Waals surface area contributed by atoms with Crippen LogP contribution in [0.5, 0.6) is 5.75 Å². The van der Waals surface area contributed by atoms with Crippen molar-refractivity contribution in [3.05, 3.63) is 52.5 Å². The van der Waals surface area contributed by atoms with Crippen LogP contribution in [0.4, 0.5) is 5.69 Å². The van der Waals surface area contributed by atoms with Crippen molar-refractivity contribution in [1.82, 2.24) is 20.2 Å². The number of halogens is 1. The van der Waals surface area contributed by atoms with E-state index in [1.165, 1.54) is 0 Å². The van der Waals surface area contributed by atoms with Crippen molar-refractivity contribution in [1.29, 1.82) is 0 Å². The molecule has 1 aromatic heterocycles. The topological polar surface area (TPSA) is 81.9 Å². The molecule has 26 heavy (non-hydrogen) atoms. The number of carbonyl (C=O) groups excluding carboxylic acids is 1. The van der Waals surface area contributed by atoms with Gasteiger partial charge in [0.1, 0.15) is 5.75 Å². The van der Waals surface area contributed by atoms with E-state index in [-0.39, 0.29) is 5.91 Å². The average molecular weight is 414 g/mol. The summed E-state index contributed by atoms with van der Waals surface area (Å²) in [4.78, 5) is 12.6. The second-order valence-electron chi connectivity index (χ2n) is 6.06. The highest BCUT2D eigenvalue weighted by Crippen LogP contribution is 2.36. The fourth-order valence-electron chi connectivity index (χ4n) is 2.69. The van der Waals surface area contributed by atoms with Gasteiger partial charge in [0.2, 0.25) is 0 Å². The van der Waals surface area contributed by atoms with Crippen molar-refractivity contribution in [2.45, 2.75) is 18.9 Å². The van der Waals surface area contributed by atoms with E-state index >= 15 is 0 Å². The lowest BCUT2D eigenvalue weighted by molar-refractivity contribution is 0.102. The molecule has 0 atom stereocenters. The van der Waals surface area contributed by atoms with Crippen LogP contribution in [0.3, 0.4) is 0 Å². The highest BCUT2D eigenvalue weighted by molar-refractivity contribution is 9.10. The van der Waals surface area contributed by atoms with Gasteiger partial charge in [0.05, 0.1) is 18.7 Å². The number of hydrogen-bond donors (Lipinski definition) is 1. The quantitative estimate of drug-likeness (QED) is 0.689. The molecular formula is C18H16BrN5O2. The van der Waals surface area contributed by atoms with E-state index in [2.05, 4.69) is 36.8 Å². The number of amides is 1. The number of anilines is 1. The number of carbonyl (C=O) groups is 1. The molecule has 0 radical (unpaired) electrons. The Bertz CT molecular complexity index is 968. The largest absolute Gasteiger partial charge is 0.497 e. The summed E-state index contributed by atoms with van der Waals surface area (Å²) >= 11 is 3.41. The Morgan fingerprint density at radius 3 is 2.88 bits per heavy atom. The standard InChI is InChI=1S/C18H16BrN5O2/c1-26-14-7-8-16(19)15(10-14)18(25)20-12-4-2-3-11(9-12)17-21-22-23-24(17)13-5-6-13/h2-4,7-10,13H,5-6H2,1H3,(H,20,25). The van der Waals surface area contributed by atoms with Crippen LogP contribution in [0, 0.1) is 0 Å². The molecule has 8 heteroatoms. The number of benzene rings is 2. The molecule has 4 rings (SSSR count). The van der Waals surface area contributed by atoms with Gasteiger partial charge in [-0.3, -0.25) is 4.79 Å². The van der Waals surface area contributed by atoms with E-state index < -0.39 is 0 Å². The van der Waals surface area contributed by atoms with Crippen LogP contribution in [-0.4, -0.2) is 33.2 Å². The first-order valence-electron chi connectivity index (χ1n) is 8.19. The zero-order valence-electron chi connectivity index (χ0n) is 14.0. The molecule has 1 aliphatic rings. The van der Waals surface area contributed by atoms with E-state index in [9.17, 15) is 4.79 Å². The molecular weight excluding hydrogens is 398 g/mol. The second-order valence-corrected chi connectivity index (χ2v) is 6.91. The molecule has 1 N–H and O–H groups in total. The molecule has 1 fully saturated rings. The van der Waals surface area contributed by atoms with Crippen molar-refractivity contribution in [2.24, 2.45) is 0 Å². The molecule has 3 aromatic rings. The summed E-state index contributed by atoms with van der Waals surface area (Å²) < 4.78 is 7.74. The summed E-state index contributed by atoms with van der Waals surface area (Å²) in [5, 5.41) is 14.9. The van der Waals surface area contributed by atoms with E-state index in [0.717, 1.165) is 18.4 Å². The lowest BCUT2D eigenvalue weighted by Crippen LogP contribution is -2.13. The summed E-state index contributed by atoms with van der Waals surface area (Å²) in [6.45, 7) is 0. The Balaban J connectivity index is 1.59. The SMILES string of the molecule is COc1ccc(Br)c(C(=O)Nc2cccc(-c3nnnn3C3CC3)c2)c1. The van der Waals surface area contributed by atoms with Gasteiger partial charge in [0, 0.05) is 15.7 Å². The van der Waals surface area contributed by atoms with E-state index in [1.807, 2.05) is 28.9 Å². The molecule has 0 unspecified atom stereocenters. The summed E-state index contributed by atoms with van der Waals surface area (Å²) in [7, 11) is 1.57. The third kappa shape index (κ3) is 3.32. The van der Waals surface area contributed by atoms with Gasteiger partial charge in [-0.15, -0.1) is 5.10 Å². The molecule has 1 saturated carbocycles. The van der Waals surface area contributed by atoms with Crippen molar-refractivity contribution in [3.8, 4) is 17.1 Å². The van der Waals surface area contributed by atoms with Crippen LogP contribution < -0.4 is 10.1 Å². The normalized spacial score (nSPS) is 13.5. The first-order valence-corrected chi connectivity index (χ1v) is 8.98. The van der Waals surface area contributed by atoms with Crippen molar-refractivity contribution >= 4 is 27.5 Å². The van der Waals surface area contributed by atoms with Crippen LogP contribution in [0.25, 0.3) is 11.4 Å². The first-order chi connectivity index (χ1) is 12.7. The van der Waals surface area contributed by atoms with Crippen LogP contribution >= 0.6 is 15.9 Å². The lowest BCUT2D eigenvalue weighted by atomic mass is 10.1. The third-order valence-electron chi connectivity index (χ3n) is 4.18. The van der Waals surface area contributed by atoms with Gasteiger partial charge in [-0.25, -0.2) is 4.68 Å². The molecule has 0 bridgehead atoms. The zero-order chi connectivity index (χ0) is 18.1. The highest BCUT2D eigenvalue weighted by Gasteiger charge is 2.28. The first kappa shape index (κ1) is 16.7. The molecule has 7 nitrogen and oxygen atoms in total. The zero-order valence-corrected chi connectivity index (χ0v) is 15.6. The van der Waals surface area contributed by atoms with Gasteiger partial charge >= 0.3 is 0 Å². The molecule has 1 heterocycles. The van der Waals surface area contributed by atoms with Gasteiger partial charge in [-0.2, -0.15) is 0 Å². The lowest BCUT2D eigenvalue weighted by Gasteiger charge is -2.10. The summed E-state index contributed by atoms with van der Waals surface area (Å²) in [5.41, 5.74) is 2.04. The van der Waals surface area contributed by atoms with Crippen LogP contribution in [0.2, 0.25) is 0 Å². The maximum Gasteiger partial charge on any atom is 0.256 e. The van der Waals surface area contributed by atoms with Gasteiger partial charge in [-0.05, 0) is 69.5 Å². The Morgan fingerprint density at radius 2 is 2.12 bits per heavy atom. The molecule has 0 saturated heterocycles. The maximum absolute atomic E-state index is 12.6. The predicted molar refractivity (Wildman–Crippen MR) is 100 cm³/mol. The maximum atomic E-state index is 12.6. The summed E-state index contributed by atoms with van der Waals surface area (Å²) in [6.07, 6.45) is 2.19. The molecule has 132 valence electrons. The minimum absolute atomic E-state index is 0.227. The van der Waals surface area contributed by atoms with Gasteiger partial charge < -0.3 is 10.1 Å². The summed E-state index contributed by atoms with van der Waals surface area (Å²) in [5.74, 6) is 1.11. The Morgan fingerprint density at radius 1 is 1.27 bits per heavy atom. The van der Waals surface area contributed by atoms with Crippen LogP contribution in [0.15, 0.2) is 46.9 Å². The van der Waals surface area contributed by atoms with Crippen LogP contribution in [0.1, 0.15) is 29.2 Å². The van der Waals surface area contributed by atoms with E-state index in [4.69, 9.17) is 4.74 Å². The van der Waals surface area contributed by atoms with Crippen LogP contribution in [-0.2, 0) is 0 Å². The van der Waals surface area contributed by atoms with Gasteiger partial charge in [-0.1, -0.05) is 12.1 Å². The number of tetrazole rings is 1. The monoisotopic (exact) mass is 413 g/mol.